The monoisotopic (exact) mass is 513 g/mol. The van der Waals surface area contributed by atoms with Crippen LogP contribution in [0.1, 0.15) is 31.9 Å². The van der Waals surface area contributed by atoms with E-state index in [0.29, 0.717) is 13.1 Å². The van der Waals surface area contributed by atoms with E-state index in [-0.39, 0.29) is 6.09 Å². The lowest BCUT2D eigenvalue weighted by atomic mass is 10.1. The molecule has 3 aromatic rings. The maximum absolute atomic E-state index is 12.4. The van der Waals surface area contributed by atoms with Crippen molar-refractivity contribution in [3.63, 3.8) is 0 Å². The second-order valence-electron chi connectivity index (χ2n) is 9.50. The molecule has 1 aliphatic rings. The average molecular weight is 514 g/mol. The van der Waals surface area contributed by atoms with Gasteiger partial charge in [0.2, 0.25) is 0 Å². The molecule has 176 valence electrons. The topological polar surface area (TPSA) is 46.9 Å². The van der Waals surface area contributed by atoms with Gasteiger partial charge in [-0.05, 0) is 56.2 Å². The van der Waals surface area contributed by atoms with Gasteiger partial charge in [-0.1, -0.05) is 34.1 Å². The first-order chi connectivity index (χ1) is 15.7. The molecule has 2 heterocycles. The van der Waals surface area contributed by atoms with Crippen molar-refractivity contribution in [2.24, 2.45) is 0 Å². The smallest absolute Gasteiger partial charge is 0.410 e. The van der Waals surface area contributed by atoms with Crippen LogP contribution >= 0.6 is 15.9 Å². The molecule has 2 aromatic carbocycles. The van der Waals surface area contributed by atoms with Gasteiger partial charge in [0, 0.05) is 60.8 Å². The van der Waals surface area contributed by atoms with Crippen LogP contribution in [0.4, 0.5) is 4.79 Å². The fourth-order valence-corrected chi connectivity index (χ4v) is 4.61. The molecule has 0 bridgehead atoms. The lowest BCUT2D eigenvalue weighted by Crippen LogP contribution is -2.49. The van der Waals surface area contributed by atoms with E-state index in [9.17, 15) is 4.79 Å². The number of halogens is 1. The third-order valence-electron chi connectivity index (χ3n) is 5.89. The summed E-state index contributed by atoms with van der Waals surface area (Å²) in [5, 5.41) is 1.20. The fraction of sp³-hybridized carbons (Fsp3) is 0.423. The molecule has 0 spiro atoms. The lowest BCUT2D eigenvalue weighted by Gasteiger charge is -2.35. The summed E-state index contributed by atoms with van der Waals surface area (Å²) in [6.45, 7) is 10.3. The Labute approximate surface area is 204 Å². The molecule has 0 N–H and O–H groups in total. The van der Waals surface area contributed by atoms with Crippen molar-refractivity contribution in [1.82, 2.24) is 14.4 Å². The second-order valence-corrected chi connectivity index (χ2v) is 10.4. The molecule has 6 nitrogen and oxygen atoms in total. The van der Waals surface area contributed by atoms with Crippen LogP contribution in [0.2, 0.25) is 0 Å². The summed E-state index contributed by atoms with van der Waals surface area (Å²) >= 11 is 3.68. The number of carbonyl (C=O) groups is 1. The number of nitrogens with zero attached hydrogens (tertiary/aromatic N) is 3. The Morgan fingerprint density at radius 1 is 1.00 bits per heavy atom. The SMILES string of the molecule is COc1ccc2c(c1)c(CN1CCN(C(=O)OC(C)(C)C)CC1)cn2Cc1ccccc1Br. The minimum Gasteiger partial charge on any atom is -0.497 e. The summed E-state index contributed by atoms with van der Waals surface area (Å²) < 4.78 is 14.5. The number of hydrogen-bond donors (Lipinski definition) is 0. The Kier molecular flexibility index (Phi) is 7.00. The van der Waals surface area contributed by atoms with E-state index >= 15 is 0 Å². The van der Waals surface area contributed by atoms with E-state index in [1.165, 1.54) is 22.0 Å². The maximum atomic E-state index is 12.4. The average Bonchev–Trinajstić information content (AvgIpc) is 3.11. The van der Waals surface area contributed by atoms with E-state index < -0.39 is 5.60 Å². The number of amides is 1. The van der Waals surface area contributed by atoms with Gasteiger partial charge >= 0.3 is 6.09 Å². The van der Waals surface area contributed by atoms with Gasteiger partial charge in [-0.3, -0.25) is 4.90 Å². The highest BCUT2D eigenvalue weighted by Gasteiger charge is 2.26. The summed E-state index contributed by atoms with van der Waals surface area (Å²) in [6.07, 6.45) is 2.03. The molecule has 0 saturated carbocycles. The minimum atomic E-state index is -0.469. The van der Waals surface area contributed by atoms with Gasteiger partial charge in [0.25, 0.3) is 0 Å². The molecule has 0 aliphatic carbocycles. The Bertz CT molecular complexity index is 1130. The van der Waals surface area contributed by atoms with Gasteiger partial charge in [-0.15, -0.1) is 0 Å². The molecule has 1 fully saturated rings. The number of rotatable bonds is 5. The molecular formula is C26H32BrN3O3. The van der Waals surface area contributed by atoms with Gasteiger partial charge in [-0.25, -0.2) is 4.79 Å². The summed E-state index contributed by atoms with van der Waals surface area (Å²) in [5.74, 6) is 0.858. The van der Waals surface area contributed by atoms with E-state index in [4.69, 9.17) is 9.47 Å². The normalized spacial score (nSPS) is 15.1. The van der Waals surface area contributed by atoms with Gasteiger partial charge in [0.15, 0.2) is 0 Å². The number of aromatic nitrogens is 1. The Morgan fingerprint density at radius 3 is 2.39 bits per heavy atom. The summed E-state index contributed by atoms with van der Waals surface area (Å²) in [5.41, 5.74) is 3.22. The first-order valence-electron chi connectivity index (χ1n) is 11.3. The third-order valence-corrected chi connectivity index (χ3v) is 6.66. The third kappa shape index (κ3) is 5.71. The maximum Gasteiger partial charge on any atom is 0.410 e. The second kappa shape index (κ2) is 9.77. The quantitative estimate of drug-likeness (QED) is 0.451. The van der Waals surface area contributed by atoms with Gasteiger partial charge in [0.1, 0.15) is 11.4 Å². The molecule has 0 atom stereocenters. The van der Waals surface area contributed by atoms with Crippen molar-refractivity contribution in [3.05, 3.63) is 64.3 Å². The molecule has 1 saturated heterocycles. The highest BCUT2D eigenvalue weighted by molar-refractivity contribution is 9.10. The number of fused-ring (bicyclic) bond motifs is 1. The van der Waals surface area contributed by atoms with Crippen LogP contribution in [0, 0.1) is 0 Å². The molecule has 1 aliphatic heterocycles. The summed E-state index contributed by atoms with van der Waals surface area (Å²) in [4.78, 5) is 16.6. The van der Waals surface area contributed by atoms with Crippen molar-refractivity contribution in [1.29, 1.82) is 0 Å². The summed E-state index contributed by atoms with van der Waals surface area (Å²) in [7, 11) is 1.70. The number of piperazine rings is 1. The molecule has 1 amide bonds. The van der Waals surface area contributed by atoms with Crippen molar-refractivity contribution >= 4 is 32.9 Å². The van der Waals surface area contributed by atoms with Gasteiger partial charge in [0.05, 0.1) is 7.11 Å². The molecule has 4 rings (SSSR count). The zero-order valence-electron chi connectivity index (χ0n) is 19.8. The molecule has 0 unspecified atom stereocenters. The van der Waals surface area contributed by atoms with Crippen LogP contribution < -0.4 is 4.74 Å². The van der Waals surface area contributed by atoms with Crippen LogP contribution in [-0.2, 0) is 17.8 Å². The number of carbonyl (C=O) groups excluding carboxylic acids is 1. The molecular weight excluding hydrogens is 482 g/mol. The van der Waals surface area contributed by atoms with Crippen LogP contribution in [0.25, 0.3) is 10.9 Å². The van der Waals surface area contributed by atoms with Crippen molar-refractivity contribution in [2.75, 3.05) is 33.3 Å². The zero-order valence-corrected chi connectivity index (χ0v) is 21.4. The highest BCUT2D eigenvalue weighted by atomic mass is 79.9. The standard InChI is InChI=1S/C26H32BrN3O3/c1-26(2,3)33-25(31)29-13-11-28(12-14-29)16-20-18-30(17-19-7-5-6-8-23(19)27)24-10-9-21(32-4)15-22(20)24/h5-10,15,18H,11-14,16-17H2,1-4H3. The van der Waals surface area contributed by atoms with E-state index in [1.54, 1.807) is 12.0 Å². The summed E-state index contributed by atoms with van der Waals surface area (Å²) in [6, 6.07) is 14.6. The predicted octanol–water partition coefficient (Wildman–Crippen LogP) is 5.51. The van der Waals surface area contributed by atoms with E-state index in [0.717, 1.165) is 36.4 Å². The number of hydrogen-bond acceptors (Lipinski definition) is 4. The molecule has 1 aromatic heterocycles. The Hall–Kier alpha value is -2.51. The van der Waals surface area contributed by atoms with Crippen molar-refractivity contribution < 1.29 is 14.3 Å². The minimum absolute atomic E-state index is 0.225. The molecule has 0 radical (unpaired) electrons. The first kappa shape index (κ1) is 23.6. The van der Waals surface area contributed by atoms with Gasteiger partial charge < -0.3 is 18.9 Å². The highest BCUT2D eigenvalue weighted by Crippen LogP contribution is 2.29. The number of ether oxygens (including phenoxy) is 2. The Balaban J connectivity index is 1.52. The Morgan fingerprint density at radius 2 is 1.73 bits per heavy atom. The zero-order chi connectivity index (χ0) is 23.6. The first-order valence-corrected chi connectivity index (χ1v) is 12.1. The number of benzene rings is 2. The van der Waals surface area contributed by atoms with Crippen LogP contribution in [-0.4, -0.2) is 59.4 Å². The van der Waals surface area contributed by atoms with Crippen molar-refractivity contribution in [2.45, 2.75) is 39.5 Å². The predicted molar refractivity (Wildman–Crippen MR) is 135 cm³/mol. The van der Waals surface area contributed by atoms with Crippen LogP contribution in [0.5, 0.6) is 5.75 Å². The van der Waals surface area contributed by atoms with Crippen LogP contribution in [0.15, 0.2) is 53.1 Å². The van der Waals surface area contributed by atoms with Gasteiger partial charge in [-0.2, -0.15) is 0 Å². The lowest BCUT2D eigenvalue weighted by molar-refractivity contribution is 0.0139. The van der Waals surface area contributed by atoms with E-state index in [2.05, 4.69) is 61.9 Å². The fourth-order valence-electron chi connectivity index (χ4n) is 4.20. The largest absolute Gasteiger partial charge is 0.497 e. The molecule has 33 heavy (non-hydrogen) atoms. The van der Waals surface area contributed by atoms with Crippen LogP contribution in [0.3, 0.4) is 0 Å². The number of methoxy groups -OCH3 is 1. The molecule has 7 heteroatoms. The van der Waals surface area contributed by atoms with Crippen molar-refractivity contribution in [3.8, 4) is 5.75 Å². The van der Waals surface area contributed by atoms with E-state index in [1.807, 2.05) is 32.9 Å².